The first-order valence-corrected chi connectivity index (χ1v) is 2.50. The van der Waals surface area contributed by atoms with Crippen molar-refractivity contribution in [3.8, 4) is 0 Å². The molecule has 0 amide bonds. The van der Waals surface area contributed by atoms with E-state index in [0.717, 1.165) is 0 Å². The van der Waals surface area contributed by atoms with Gasteiger partial charge in [0.1, 0.15) is 0 Å². The summed E-state index contributed by atoms with van der Waals surface area (Å²) in [6.07, 6.45) is 0.109. The average Bonchev–Trinajstić information content (AvgIpc) is 1.27. The molecule has 2 nitrogen and oxygen atoms in total. The van der Waals surface area contributed by atoms with E-state index in [9.17, 15) is 0 Å². The zero-order chi connectivity index (χ0) is 5.86. The van der Waals surface area contributed by atoms with Crippen LogP contribution >= 0.6 is 12.2 Å². The molecule has 0 aromatic carbocycles. The van der Waals surface area contributed by atoms with Crippen molar-refractivity contribution >= 4 is 46.9 Å². The average molecular weight is 143 g/mol. The molecule has 0 aliphatic heterocycles. The van der Waals surface area contributed by atoms with Gasteiger partial charge in [0.15, 0.2) is 0 Å². The van der Waals surface area contributed by atoms with Crippen LogP contribution in [0.5, 0.6) is 0 Å². The Hall–Kier alpha value is 0.690. The standard InChI is InChI=1S/C4H9NOS.Na.H/c1-3(2)6-4(5)7;;/h3H,1-2H3,(H2,5,7);;. The fourth-order valence-electron chi connectivity index (χ4n) is 0.232. The van der Waals surface area contributed by atoms with Crippen LogP contribution in [0.1, 0.15) is 13.8 Å². The molecule has 0 rings (SSSR count). The van der Waals surface area contributed by atoms with Gasteiger partial charge in [0.05, 0.1) is 6.10 Å². The molecular weight excluding hydrogens is 133 g/mol. The fraction of sp³-hybridized carbons (Fsp3) is 0.750. The molecule has 0 radical (unpaired) electrons. The Morgan fingerprint density at radius 3 is 2.00 bits per heavy atom. The molecule has 44 valence electrons. The number of hydrogen-bond donors (Lipinski definition) is 1. The van der Waals surface area contributed by atoms with Crippen molar-refractivity contribution in [1.82, 2.24) is 0 Å². The Morgan fingerprint density at radius 1 is 1.62 bits per heavy atom. The molecule has 0 aliphatic carbocycles. The van der Waals surface area contributed by atoms with Crippen LogP contribution in [0.4, 0.5) is 0 Å². The van der Waals surface area contributed by atoms with Crippen molar-refractivity contribution in [3.63, 3.8) is 0 Å². The van der Waals surface area contributed by atoms with Crippen LogP contribution in [0.15, 0.2) is 0 Å². The van der Waals surface area contributed by atoms with Crippen LogP contribution in [0.25, 0.3) is 0 Å². The molecule has 0 fully saturated rings. The van der Waals surface area contributed by atoms with Gasteiger partial charge in [0, 0.05) is 0 Å². The van der Waals surface area contributed by atoms with E-state index in [-0.39, 0.29) is 40.8 Å². The number of ether oxygens (including phenoxy) is 1. The monoisotopic (exact) mass is 143 g/mol. The van der Waals surface area contributed by atoms with Crippen LogP contribution in [-0.2, 0) is 4.74 Å². The molecule has 0 aliphatic rings. The summed E-state index contributed by atoms with van der Waals surface area (Å²) in [7, 11) is 0. The van der Waals surface area contributed by atoms with Gasteiger partial charge in [0.2, 0.25) is 0 Å². The van der Waals surface area contributed by atoms with Gasteiger partial charge in [-0.05, 0) is 26.1 Å². The third-order valence-electron chi connectivity index (χ3n) is 0.352. The van der Waals surface area contributed by atoms with E-state index < -0.39 is 0 Å². The maximum atomic E-state index is 5.00. The molecule has 8 heavy (non-hydrogen) atoms. The Morgan fingerprint density at radius 2 is 2.00 bits per heavy atom. The summed E-state index contributed by atoms with van der Waals surface area (Å²) in [6, 6.07) is 0. The molecule has 0 saturated heterocycles. The van der Waals surface area contributed by atoms with E-state index in [1.807, 2.05) is 13.8 Å². The third-order valence-corrected chi connectivity index (χ3v) is 0.448. The molecule has 0 bridgehead atoms. The van der Waals surface area contributed by atoms with Crippen molar-refractivity contribution in [1.29, 1.82) is 0 Å². The van der Waals surface area contributed by atoms with Gasteiger partial charge in [-0.15, -0.1) is 0 Å². The first-order chi connectivity index (χ1) is 3.13. The van der Waals surface area contributed by atoms with Crippen LogP contribution in [-0.4, -0.2) is 40.8 Å². The van der Waals surface area contributed by atoms with E-state index >= 15 is 0 Å². The number of nitrogens with two attached hydrogens (primary N) is 1. The molecule has 2 N–H and O–H groups in total. The third kappa shape index (κ3) is 9.85. The van der Waals surface area contributed by atoms with E-state index in [0.29, 0.717) is 0 Å². The molecule has 0 spiro atoms. The predicted molar refractivity (Wildman–Crippen MR) is 40.2 cm³/mol. The van der Waals surface area contributed by atoms with Gasteiger partial charge in [-0.1, -0.05) is 0 Å². The second-order valence-corrected chi connectivity index (χ2v) is 1.89. The van der Waals surface area contributed by atoms with E-state index in [1.54, 1.807) is 0 Å². The predicted octanol–water partition coefficient (Wildman–Crippen LogP) is 0.00650. The first-order valence-electron chi connectivity index (χ1n) is 2.09. The minimum atomic E-state index is 0. The summed E-state index contributed by atoms with van der Waals surface area (Å²) in [4.78, 5) is 0. The van der Waals surface area contributed by atoms with Crippen LogP contribution in [0.2, 0.25) is 0 Å². The summed E-state index contributed by atoms with van der Waals surface area (Å²) < 4.78 is 4.76. The van der Waals surface area contributed by atoms with Gasteiger partial charge in [-0.3, -0.25) is 0 Å². The van der Waals surface area contributed by atoms with E-state index in [2.05, 4.69) is 12.2 Å². The van der Waals surface area contributed by atoms with Gasteiger partial charge in [0.25, 0.3) is 5.17 Å². The normalized spacial score (nSPS) is 7.88. The van der Waals surface area contributed by atoms with Gasteiger partial charge in [-0.25, -0.2) is 0 Å². The second-order valence-electron chi connectivity index (χ2n) is 1.49. The van der Waals surface area contributed by atoms with Crippen LogP contribution < -0.4 is 5.73 Å². The zero-order valence-electron chi connectivity index (χ0n) is 4.47. The molecule has 0 aromatic rings. The minimum absolute atomic E-state index is 0. The van der Waals surface area contributed by atoms with Crippen LogP contribution in [0.3, 0.4) is 0 Å². The zero-order valence-corrected chi connectivity index (χ0v) is 5.29. The Bertz CT molecular complexity index is 76.4. The molecule has 4 heteroatoms. The summed E-state index contributed by atoms with van der Waals surface area (Å²) >= 11 is 4.43. The number of hydrogen-bond acceptors (Lipinski definition) is 2. The van der Waals surface area contributed by atoms with E-state index in [4.69, 9.17) is 10.5 Å². The quantitative estimate of drug-likeness (QED) is 0.415. The number of rotatable bonds is 1. The molecule has 0 atom stereocenters. The van der Waals surface area contributed by atoms with Crippen molar-refractivity contribution in [3.05, 3.63) is 0 Å². The first kappa shape index (κ1) is 11.5. The van der Waals surface area contributed by atoms with Gasteiger partial charge in [-0.2, -0.15) is 0 Å². The van der Waals surface area contributed by atoms with Crippen molar-refractivity contribution in [2.24, 2.45) is 5.73 Å². The topological polar surface area (TPSA) is 35.2 Å². The summed E-state index contributed by atoms with van der Waals surface area (Å²) in [5.74, 6) is 0. The van der Waals surface area contributed by atoms with Gasteiger partial charge < -0.3 is 10.5 Å². The van der Waals surface area contributed by atoms with Crippen molar-refractivity contribution in [2.45, 2.75) is 20.0 Å². The second kappa shape index (κ2) is 5.82. The summed E-state index contributed by atoms with van der Waals surface area (Å²) in [5.41, 5.74) is 5.00. The van der Waals surface area contributed by atoms with E-state index in [1.165, 1.54) is 0 Å². The van der Waals surface area contributed by atoms with Gasteiger partial charge >= 0.3 is 29.6 Å². The molecule has 0 unspecified atom stereocenters. The summed E-state index contributed by atoms with van der Waals surface area (Å²) in [5, 5.41) is 0.120. The molecule has 0 saturated carbocycles. The van der Waals surface area contributed by atoms with Crippen molar-refractivity contribution < 1.29 is 4.74 Å². The fourth-order valence-corrected chi connectivity index (χ4v) is 0.425. The number of thiocarbonyl (C=S) groups is 1. The Balaban J connectivity index is 0. The van der Waals surface area contributed by atoms with Crippen molar-refractivity contribution in [2.75, 3.05) is 0 Å². The molecule has 0 aromatic heterocycles. The summed E-state index contributed by atoms with van der Waals surface area (Å²) in [6.45, 7) is 3.75. The van der Waals surface area contributed by atoms with Crippen LogP contribution in [0, 0.1) is 0 Å². The maximum absolute atomic E-state index is 5.00. The molecule has 0 heterocycles. The Kier molecular flexibility index (Phi) is 8.35. The Labute approximate surface area is 77.1 Å². The SMILES string of the molecule is CC(C)OC(N)=S.[NaH]. The molecular formula is C4H10NNaOS.